The largest absolute Gasteiger partial charge is 0.348 e. The zero-order valence-electron chi connectivity index (χ0n) is 14.9. The smallest absolute Gasteiger partial charge is 0.251 e. The first-order valence-electron chi connectivity index (χ1n) is 8.83. The summed E-state index contributed by atoms with van der Waals surface area (Å²) < 4.78 is 0.956. The molecule has 0 atom stereocenters. The Balaban J connectivity index is 1.41. The van der Waals surface area contributed by atoms with E-state index in [9.17, 15) is 4.79 Å². The number of carbonyl (C=O) groups excluding carboxylic acids is 1. The fraction of sp³-hybridized carbons (Fsp3) is 0.0435. The summed E-state index contributed by atoms with van der Waals surface area (Å²) in [4.78, 5) is 17.0. The lowest BCUT2D eigenvalue weighted by Gasteiger charge is -2.06. The molecule has 0 aliphatic heterocycles. The maximum absolute atomic E-state index is 12.2. The lowest BCUT2D eigenvalue weighted by atomic mass is 10.1. The first-order valence-corrected chi connectivity index (χ1v) is 10.5. The Morgan fingerprint density at radius 3 is 2.32 bits per heavy atom. The monoisotopic (exact) mass is 448 g/mol. The molecule has 0 saturated heterocycles. The van der Waals surface area contributed by atoms with Gasteiger partial charge >= 0.3 is 0 Å². The first kappa shape index (κ1) is 18.6. The Hall–Kier alpha value is -2.76. The van der Waals surface area contributed by atoms with Gasteiger partial charge in [0.05, 0.1) is 5.69 Å². The van der Waals surface area contributed by atoms with Gasteiger partial charge in [-0.05, 0) is 29.8 Å². The summed E-state index contributed by atoms with van der Waals surface area (Å²) in [6, 6.07) is 25.7. The molecule has 1 N–H and O–H groups in total. The van der Waals surface area contributed by atoms with Crippen molar-refractivity contribution in [1.29, 1.82) is 0 Å². The predicted molar refractivity (Wildman–Crippen MR) is 118 cm³/mol. The Labute approximate surface area is 176 Å². The van der Waals surface area contributed by atoms with E-state index in [-0.39, 0.29) is 5.91 Å². The molecule has 0 aliphatic rings. The van der Waals surface area contributed by atoms with Crippen LogP contribution in [0.3, 0.4) is 0 Å². The molecule has 0 saturated carbocycles. The molecule has 0 radical (unpaired) electrons. The van der Waals surface area contributed by atoms with Crippen LogP contribution in [0, 0.1) is 0 Å². The maximum atomic E-state index is 12.2. The topological polar surface area (TPSA) is 42.0 Å². The van der Waals surface area contributed by atoms with E-state index in [2.05, 4.69) is 38.8 Å². The van der Waals surface area contributed by atoms with E-state index in [1.54, 1.807) is 23.5 Å². The lowest BCUT2D eigenvalue weighted by Crippen LogP contribution is -2.22. The van der Waals surface area contributed by atoms with Gasteiger partial charge in [0.15, 0.2) is 0 Å². The highest BCUT2D eigenvalue weighted by atomic mass is 79.9. The quantitative estimate of drug-likeness (QED) is 0.396. The Bertz CT molecular complexity index is 1070. The Morgan fingerprint density at radius 2 is 1.61 bits per heavy atom. The second-order valence-corrected chi connectivity index (χ2v) is 8.06. The van der Waals surface area contributed by atoms with Gasteiger partial charge in [-0.1, -0.05) is 70.5 Å². The van der Waals surface area contributed by atoms with Gasteiger partial charge in [0.2, 0.25) is 0 Å². The van der Waals surface area contributed by atoms with Crippen LogP contribution in [0.1, 0.15) is 15.9 Å². The van der Waals surface area contributed by atoms with Gasteiger partial charge in [0, 0.05) is 33.1 Å². The summed E-state index contributed by atoms with van der Waals surface area (Å²) in [5, 5.41) is 6.04. The number of rotatable bonds is 5. The Morgan fingerprint density at radius 1 is 0.893 bits per heavy atom. The van der Waals surface area contributed by atoms with Crippen LogP contribution >= 0.6 is 27.3 Å². The van der Waals surface area contributed by atoms with Gasteiger partial charge in [0.25, 0.3) is 5.91 Å². The summed E-state index contributed by atoms with van der Waals surface area (Å²) in [6.07, 6.45) is 0. The van der Waals surface area contributed by atoms with Gasteiger partial charge in [-0.25, -0.2) is 4.98 Å². The van der Waals surface area contributed by atoms with E-state index in [4.69, 9.17) is 4.98 Å². The van der Waals surface area contributed by atoms with Gasteiger partial charge in [-0.2, -0.15) is 0 Å². The van der Waals surface area contributed by atoms with Crippen molar-refractivity contribution in [3.8, 4) is 21.8 Å². The van der Waals surface area contributed by atoms with Crippen LogP contribution in [0.25, 0.3) is 21.8 Å². The molecule has 0 unspecified atom stereocenters. The molecule has 1 aromatic heterocycles. The van der Waals surface area contributed by atoms with E-state index in [0.29, 0.717) is 12.1 Å². The third kappa shape index (κ3) is 4.38. The molecule has 0 bridgehead atoms. The van der Waals surface area contributed by atoms with Gasteiger partial charge < -0.3 is 5.32 Å². The number of thiazole rings is 1. The average Bonchev–Trinajstić information content (AvgIpc) is 3.24. The number of nitrogens with one attached hydrogen (secondary N) is 1. The second-order valence-electron chi connectivity index (χ2n) is 6.29. The van der Waals surface area contributed by atoms with Crippen LogP contribution in [0.15, 0.2) is 88.7 Å². The zero-order chi connectivity index (χ0) is 19.3. The molecule has 4 rings (SSSR count). The fourth-order valence-corrected chi connectivity index (χ4v) is 3.90. The molecular formula is C23H17BrN2OS. The van der Waals surface area contributed by atoms with E-state index < -0.39 is 0 Å². The van der Waals surface area contributed by atoms with Crippen molar-refractivity contribution < 1.29 is 4.79 Å². The molecule has 0 fully saturated rings. The number of halogens is 1. The van der Waals surface area contributed by atoms with E-state index >= 15 is 0 Å². The number of aromatic nitrogens is 1. The van der Waals surface area contributed by atoms with E-state index in [1.165, 1.54) is 0 Å². The number of amides is 1. The number of carbonyl (C=O) groups is 1. The van der Waals surface area contributed by atoms with Crippen molar-refractivity contribution in [2.45, 2.75) is 6.54 Å². The third-order valence-electron chi connectivity index (χ3n) is 4.33. The average molecular weight is 449 g/mol. The van der Waals surface area contributed by atoms with E-state index in [1.807, 2.05) is 54.6 Å². The van der Waals surface area contributed by atoms with Crippen molar-refractivity contribution in [2.24, 2.45) is 0 Å². The summed E-state index contributed by atoms with van der Waals surface area (Å²) >= 11 is 5.02. The molecule has 3 aromatic carbocycles. The van der Waals surface area contributed by atoms with Gasteiger partial charge in [0.1, 0.15) is 5.01 Å². The first-order chi connectivity index (χ1) is 13.7. The molecule has 3 nitrogen and oxygen atoms in total. The van der Waals surface area contributed by atoms with Crippen LogP contribution in [0.4, 0.5) is 0 Å². The molecule has 1 amide bonds. The second kappa shape index (κ2) is 8.50. The van der Waals surface area contributed by atoms with Crippen LogP contribution in [-0.4, -0.2) is 10.9 Å². The van der Waals surface area contributed by atoms with Crippen LogP contribution < -0.4 is 5.32 Å². The summed E-state index contributed by atoms with van der Waals surface area (Å²) in [6.45, 7) is 0.488. The summed E-state index contributed by atoms with van der Waals surface area (Å²) in [5.41, 5.74) is 4.87. The zero-order valence-corrected chi connectivity index (χ0v) is 17.3. The number of nitrogens with zero attached hydrogens (tertiary/aromatic N) is 1. The summed E-state index contributed by atoms with van der Waals surface area (Å²) in [5.74, 6) is -0.0800. The third-order valence-corrected chi connectivity index (χ3v) is 5.75. The standard InChI is InChI=1S/C23H17BrN2OS/c24-20-12-10-18(11-13-20)22(27)25-14-16-6-8-17(9-7-16)21-15-28-23(26-21)19-4-2-1-3-5-19/h1-13,15H,14H2,(H,25,27). The number of hydrogen-bond acceptors (Lipinski definition) is 3. The summed E-state index contributed by atoms with van der Waals surface area (Å²) in [7, 11) is 0. The van der Waals surface area contributed by atoms with Crippen molar-refractivity contribution in [1.82, 2.24) is 10.3 Å². The molecule has 138 valence electrons. The molecule has 5 heteroatoms. The van der Waals surface area contributed by atoms with Crippen molar-refractivity contribution in [2.75, 3.05) is 0 Å². The van der Waals surface area contributed by atoms with Gasteiger partial charge in [-0.3, -0.25) is 4.79 Å². The highest BCUT2D eigenvalue weighted by molar-refractivity contribution is 9.10. The highest BCUT2D eigenvalue weighted by Crippen LogP contribution is 2.28. The highest BCUT2D eigenvalue weighted by Gasteiger charge is 2.08. The van der Waals surface area contributed by atoms with Crippen LogP contribution in [-0.2, 0) is 6.54 Å². The SMILES string of the molecule is O=C(NCc1ccc(-c2csc(-c3ccccc3)n2)cc1)c1ccc(Br)cc1. The van der Waals surface area contributed by atoms with Crippen LogP contribution in [0.5, 0.6) is 0 Å². The number of benzene rings is 3. The molecule has 28 heavy (non-hydrogen) atoms. The van der Waals surface area contributed by atoms with Gasteiger partial charge in [-0.15, -0.1) is 11.3 Å². The minimum absolute atomic E-state index is 0.0800. The van der Waals surface area contributed by atoms with E-state index in [0.717, 1.165) is 31.9 Å². The van der Waals surface area contributed by atoms with Crippen LogP contribution in [0.2, 0.25) is 0 Å². The molecular weight excluding hydrogens is 432 g/mol. The normalized spacial score (nSPS) is 10.6. The van der Waals surface area contributed by atoms with Crippen molar-refractivity contribution in [3.05, 3.63) is 99.8 Å². The minimum atomic E-state index is -0.0800. The molecule has 1 heterocycles. The van der Waals surface area contributed by atoms with Crippen molar-refractivity contribution in [3.63, 3.8) is 0 Å². The van der Waals surface area contributed by atoms with Crippen molar-refractivity contribution >= 4 is 33.2 Å². The maximum Gasteiger partial charge on any atom is 0.251 e. The number of hydrogen-bond donors (Lipinski definition) is 1. The molecule has 4 aromatic rings. The predicted octanol–water partition coefficient (Wildman–Crippen LogP) is 6.17. The fourth-order valence-electron chi connectivity index (χ4n) is 2.80. The minimum Gasteiger partial charge on any atom is -0.348 e. The Kier molecular flexibility index (Phi) is 5.65. The molecule has 0 aliphatic carbocycles. The lowest BCUT2D eigenvalue weighted by molar-refractivity contribution is 0.0951. The molecule has 0 spiro atoms.